The lowest BCUT2D eigenvalue weighted by atomic mass is 9.97. The summed E-state index contributed by atoms with van der Waals surface area (Å²) in [5.74, 6) is -11.5. The molecule has 0 aromatic carbocycles. The van der Waals surface area contributed by atoms with Gasteiger partial charge in [0.1, 0.15) is 42.3 Å². The molecule has 0 aromatic rings. The van der Waals surface area contributed by atoms with Crippen LogP contribution in [0.2, 0.25) is 0 Å². The first-order valence-electron chi connectivity index (χ1n) is 23.1. The van der Waals surface area contributed by atoms with E-state index in [2.05, 4.69) is 42.5 Å². The molecule has 24 nitrogen and oxygen atoms in total. The lowest BCUT2D eigenvalue weighted by Gasteiger charge is -2.29. The number of amides is 8. The van der Waals surface area contributed by atoms with Crippen molar-refractivity contribution in [2.24, 2.45) is 35.1 Å². The van der Waals surface area contributed by atoms with Crippen LogP contribution in [0.4, 0.5) is 0 Å². The van der Waals surface area contributed by atoms with E-state index in [1.54, 1.807) is 41.5 Å². The van der Waals surface area contributed by atoms with Crippen LogP contribution in [0.5, 0.6) is 0 Å². The molecular formula is C44H78N10O14. The fourth-order valence-corrected chi connectivity index (χ4v) is 6.64. The third kappa shape index (κ3) is 25.9. The van der Waals surface area contributed by atoms with Crippen LogP contribution >= 0.6 is 0 Å². The van der Waals surface area contributed by atoms with Crippen molar-refractivity contribution in [3.8, 4) is 0 Å². The van der Waals surface area contributed by atoms with Crippen LogP contribution in [0.15, 0.2) is 0 Å². The maximum absolute atomic E-state index is 14.0. The van der Waals surface area contributed by atoms with Gasteiger partial charge < -0.3 is 69.3 Å². The first kappa shape index (κ1) is 62.1. The Bertz CT molecular complexity index is 1720. The van der Waals surface area contributed by atoms with Crippen molar-refractivity contribution in [1.82, 2.24) is 42.5 Å². The second-order valence-corrected chi connectivity index (χ2v) is 18.5. The maximum Gasteiger partial charge on any atom is 0.326 e. The Morgan fingerprint density at radius 2 is 0.824 bits per heavy atom. The number of nitrogens with two attached hydrogens (primary N) is 2. The van der Waals surface area contributed by atoms with Crippen molar-refractivity contribution in [3.63, 3.8) is 0 Å². The number of unbranched alkanes of at least 4 members (excludes halogenated alkanes) is 1. The van der Waals surface area contributed by atoms with Gasteiger partial charge in [-0.25, -0.2) is 4.79 Å². The summed E-state index contributed by atoms with van der Waals surface area (Å²) in [6.45, 7) is 14.8. The second-order valence-electron chi connectivity index (χ2n) is 18.5. The number of rotatable bonds is 34. The van der Waals surface area contributed by atoms with Crippen LogP contribution < -0.4 is 54.0 Å². The fourth-order valence-electron chi connectivity index (χ4n) is 6.64. The molecule has 0 spiro atoms. The van der Waals surface area contributed by atoms with Crippen molar-refractivity contribution in [3.05, 3.63) is 0 Å². The maximum atomic E-state index is 14.0. The highest BCUT2D eigenvalue weighted by atomic mass is 16.4. The minimum Gasteiger partial charge on any atom is -0.481 e. The summed E-state index contributed by atoms with van der Waals surface area (Å²) >= 11 is 0. The first-order valence-corrected chi connectivity index (χ1v) is 23.1. The minimum absolute atomic E-state index is 0.0181. The number of aliphatic carboxylic acids is 3. The van der Waals surface area contributed by atoms with E-state index in [1.807, 2.05) is 13.8 Å². The van der Waals surface area contributed by atoms with Crippen LogP contribution in [-0.4, -0.2) is 142 Å². The largest absolute Gasteiger partial charge is 0.481 e. The zero-order valence-corrected chi connectivity index (χ0v) is 40.9. The average Bonchev–Trinajstić information content (AvgIpc) is 3.22. The molecule has 8 amide bonds. The molecule has 0 rings (SSSR count). The molecule has 0 aromatic heterocycles. The summed E-state index contributed by atoms with van der Waals surface area (Å²) in [7, 11) is 0. The predicted molar refractivity (Wildman–Crippen MR) is 248 cm³/mol. The summed E-state index contributed by atoms with van der Waals surface area (Å²) in [5, 5.41) is 48.2. The van der Waals surface area contributed by atoms with Crippen LogP contribution in [0.3, 0.4) is 0 Å². The summed E-state index contributed by atoms with van der Waals surface area (Å²) in [6.07, 6.45) is -0.815. The highest BCUT2D eigenvalue weighted by Gasteiger charge is 2.35. The van der Waals surface area contributed by atoms with E-state index in [1.165, 1.54) is 6.92 Å². The van der Waals surface area contributed by atoms with Crippen LogP contribution in [0, 0.1) is 23.7 Å². The monoisotopic (exact) mass is 971 g/mol. The number of carboxylic acid groups (broad SMARTS) is 3. The van der Waals surface area contributed by atoms with Gasteiger partial charge >= 0.3 is 17.9 Å². The molecule has 0 aliphatic carbocycles. The van der Waals surface area contributed by atoms with Gasteiger partial charge in [-0.15, -0.1) is 0 Å². The highest BCUT2D eigenvalue weighted by Crippen LogP contribution is 2.13. The molecule has 388 valence electrons. The molecule has 0 bridgehead atoms. The van der Waals surface area contributed by atoms with Crippen LogP contribution in [0.1, 0.15) is 127 Å². The Balaban J connectivity index is 6.40. The van der Waals surface area contributed by atoms with Crippen LogP contribution in [-0.2, 0) is 52.7 Å². The van der Waals surface area contributed by atoms with E-state index < -0.39 is 145 Å². The molecule has 0 fully saturated rings. The molecule has 0 saturated heterocycles. The van der Waals surface area contributed by atoms with Crippen LogP contribution in [0.25, 0.3) is 0 Å². The van der Waals surface area contributed by atoms with Crippen molar-refractivity contribution >= 4 is 65.2 Å². The van der Waals surface area contributed by atoms with E-state index in [9.17, 15) is 63.0 Å². The molecule has 68 heavy (non-hydrogen) atoms. The van der Waals surface area contributed by atoms with Crippen molar-refractivity contribution in [2.45, 2.75) is 175 Å². The van der Waals surface area contributed by atoms with Gasteiger partial charge in [0, 0.05) is 12.8 Å². The third-order valence-electron chi connectivity index (χ3n) is 10.2. The van der Waals surface area contributed by atoms with Gasteiger partial charge in [-0.2, -0.15) is 0 Å². The molecule has 0 aliphatic rings. The van der Waals surface area contributed by atoms with Crippen molar-refractivity contribution in [2.75, 3.05) is 13.1 Å². The van der Waals surface area contributed by atoms with Gasteiger partial charge in [-0.1, -0.05) is 55.4 Å². The standard InChI is InChI=1S/C44H78N10O14/c1-22(2)18-30(42(65)53-32(44(67)68)20-24(5)6)51-41(64)31(19-23(3)4)52-43(66)36(25(7)8)54-40(63)29(14-16-35(58)59)50-39(62)27(12-10-11-17-45)48-33(55)21-47-38(61)28(13-15-34(56)57)49-37(60)26(9)46/h22-32,36H,10-21,45-46H2,1-9H3,(H,47,61)(H,48,55)(H,49,60)(H,50,62)(H,51,64)(H,52,66)(H,53,65)(H,54,63)(H,56,57)(H,58,59)(H,67,68)/t26-,27-,28-,29-,30-,31-,32-,36-/m0/s1. The van der Waals surface area contributed by atoms with Crippen molar-refractivity contribution < 1.29 is 68.1 Å². The third-order valence-corrected chi connectivity index (χ3v) is 10.2. The molecule has 0 radical (unpaired) electrons. The van der Waals surface area contributed by atoms with E-state index in [0.29, 0.717) is 12.8 Å². The Labute approximate surface area is 398 Å². The first-order chi connectivity index (χ1) is 31.6. The molecule has 0 unspecified atom stereocenters. The molecule has 8 atom stereocenters. The van der Waals surface area contributed by atoms with E-state index in [-0.39, 0.29) is 56.4 Å². The number of carboxylic acids is 3. The zero-order chi connectivity index (χ0) is 52.4. The number of carbonyl (C=O) groups excluding carboxylic acids is 8. The fraction of sp³-hybridized carbons (Fsp3) is 0.750. The summed E-state index contributed by atoms with van der Waals surface area (Å²) in [5.41, 5.74) is 11.2. The van der Waals surface area contributed by atoms with Gasteiger partial charge in [0.05, 0.1) is 12.6 Å². The SMILES string of the molecule is CC(C)C[C@H](NC(=O)[C@H](CC(C)C)NC(=O)[C@H](CC(C)C)NC(=O)[C@@H](NC(=O)[C@H](CCC(=O)O)NC(=O)[C@H](CCCCN)NC(=O)CNC(=O)[C@H](CCC(=O)O)NC(=O)[C@H](C)N)C(C)C)C(=O)O. The smallest absolute Gasteiger partial charge is 0.326 e. The van der Waals surface area contributed by atoms with Gasteiger partial charge in [0.25, 0.3) is 0 Å². The average molecular weight is 971 g/mol. The molecule has 0 saturated carbocycles. The molecule has 24 heteroatoms. The molecule has 15 N–H and O–H groups in total. The summed E-state index contributed by atoms with van der Waals surface area (Å²) in [4.78, 5) is 142. The van der Waals surface area contributed by atoms with E-state index in [0.717, 1.165) is 0 Å². The van der Waals surface area contributed by atoms with Crippen molar-refractivity contribution in [1.29, 1.82) is 0 Å². The van der Waals surface area contributed by atoms with Gasteiger partial charge in [-0.3, -0.25) is 47.9 Å². The summed E-state index contributed by atoms with van der Waals surface area (Å²) in [6, 6.07) is -10.3. The van der Waals surface area contributed by atoms with Gasteiger partial charge in [-0.05, 0) is 88.5 Å². The Morgan fingerprint density at radius 3 is 1.25 bits per heavy atom. The quantitative estimate of drug-likeness (QED) is 0.0329. The summed E-state index contributed by atoms with van der Waals surface area (Å²) < 4.78 is 0. The Morgan fingerprint density at radius 1 is 0.441 bits per heavy atom. The zero-order valence-electron chi connectivity index (χ0n) is 40.9. The number of hydrogen-bond donors (Lipinski definition) is 13. The number of nitrogens with one attached hydrogen (secondary N) is 8. The Kier molecular flexibility index (Phi) is 29.2. The molecule has 0 aliphatic heterocycles. The normalized spacial score (nSPS) is 14.8. The number of hydrogen-bond acceptors (Lipinski definition) is 13. The topological polar surface area (TPSA) is 397 Å². The molecule has 0 heterocycles. The molecular weight excluding hydrogens is 893 g/mol. The Hall–Kier alpha value is -5.91. The van der Waals surface area contributed by atoms with E-state index in [4.69, 9.17) is 16.6 Å². The minimum atomic E-state index is -1.57. The van der Waals surface area contributed by atoms with E-state index >= 15 is 0 Å². The highest BCUT2D eigenvalue weighted by molar-refractivity contribution is 5.97. The predicted octanol–water partition coefficient (Wildman–Crippen LogP) is -1.42. The lowest BCUT2D eigenvalue weighted by Crippen LogP contribution is -2.60. The second kappa shape index (κ2) is 32.0. The lowest BCUT2D eigenvalue weighted by molar-refractivity contribution is -0.143. The number of carbonyl (C=O) groups is 11. The van der Waals surface area contributed by atoms with Gasteiger partial charge in [0.15, 0.2) is 0 Å². The van der Waals surface area contributed by atoms with Gasteiger partial charge in [0.2, 0.25) is 47.3 Å².